The predicted molar refractivity (Wildman–Crippen MR) is 139 cm³/mol. The van der Waals surface area contributed by atoms with Gasteiger partial charge >= 0.3 is 0 Å². The number of nitrogens with zero attached hydrogens (tertiary/aromatic N) is 2. The van der Waals surface area contributed by atoms with E-state index in [-0.39, 0.29) is 5.54 Å². The van der Waals surface area contributed by atoms with Crippen LogP contribution in [0.2, 0.25) is 0 Å². The Bertz CT molecular complexity index is 481. The smallest absolute Gasteiger partial charge is 0.0951 e. The third-order valence-corrected chi connectivity index (χ3v) is 7.75. The maximum absolute atomic E-state index is 4.38. The number of imidazole rings is 1. The van der Waals surface area contributed by atoms with Crippen LogP contribution in [0.5, 0.6) is 0 Å². The molecule has 0 aliphatic carbocycles. The summed E-state index contributed by atoms with van der Waals surface area (Å²) in [6.45, 7) is 9.46. The van der Waals surface area contributed by atoms with E-state index in [9.17, 15) is 0 Å². The zero-order valence-corrected chi connectivity index (χ0v) is 21.8. The lowest BCUT2D eigenvalue weighted by atomic mass is 9.76. The van der Waals surface area contributed by atoms with Crippen molar-refractivity contribution in [3.8, 4) is 0 Å². The van der Waals surface area contributed by atoms with Gasteiger partial charge in [0, 0.05) is 17.9 Å². The minimum Gasteiger partial charge on any atom is -0.331 e. The van der Waals surface area contributed by atoms with E-state index in [1.165, 1.54) is 128 Å². The fourth-order valence-corrected chi connectivity index (χ4v) is 5.24. The van der Waals surface area contributed by atoms with E-state index in [0.717, 1.165) is 5.92 Å². The quantitative estimate of drug-likeness (QED) is 0.167. The van der Waals surface area contributed by atoms with E-state index in [0.29, 0.717) is 0 Å². The molecule has 2 unspecified atom stereocenters. The lowest BCUT2D eigenvalue weighted by molar-refractivity contribution is 0.153. The van der Waals surface area contributed by atoms with Crippen LogP contribution in [0, 0.1) is 5.92 Å². The van der Waals surface area contributed by atoms with Gasteiger partial charge in [0.05, 0.1) is 6.33 Å². The van der Waals surface area contributed by atoms with Crippen molar-refractivity contribution in [2.75, 3.05) is 0 Å². The van der Waals surface area contributed by atoms with Gasteiger partial charge in [-0.05, 0) is 32.1 Å². The Hall–Kier alpha value is -0.790. The van der Waals surface area contributed by atoms with Gasteiger partial charge in [-0.25, -0.2) is 4.98 Å². The molecule has 0 aliphatic heterocycles. The van der Waals surface area contributed by atoms with Crippen molar-refractivity contribution in [2.45, 2.75) is 162 Å². The molecule has 0 saturated heterocycles. The van der Waals surface area contributed by atoms with Gasteiger partial charge in [0.2, 0.25) is 0 Å². The van der Waals surface area contributed by atoms with Crippen LogP contribution in [0.15, 0.2) is 18.7 Å². The fraction of sp³-hybridized carbons (Fsp3) is 0.897. The van der Waals surface area contributed by atoms with E-state index >= 15 is 0 Å². The number of rotatable bonds is 22. The van der Waals surface area contributed by atoms with Crippen LogP contribution in [0.25, 0.3) is 0 Å². The fourth-order valence-electron chi connectivity index (χ4n) is 5.24. The summed E-state index contributed by atoms with van der Waals surface area (Å²) in [5, 5.41) is 0. The van der Waals surface area contributed by atoms with Gasteiger partial charge < -0.3 is 4.57 Å². The van der Waals surface area contributed by atoms with Gasteiger partial charge in [-0.3, -0.25) is 0 Å². The topological polar surface area (TPSA) is 17.8 Å². The molecule has 1 aromatic rings. The number of hydrogen-bond donors (Lipinski definition) is 0. The first-order chi connectivity index (χ1) is 15.2. The third kappa shape index (κ3) is 12.1. The van der Waals surface area contributed by atoms with Gasteiger partial charge in [-0.2, -0.15) is 0 Å². The average Bonchev–Trinajstić information content (AvgIpc) is 3.33. The van der Waals surface area contributed by atoms with Gasteiger partial charge in [0.1, 0.15) is 0 Å². The maximum atomic E-state index is 4.38. The third-order valence-electron chi connectivity index (χ3n) is 7.75. The highest BCUT2D eigenvalue weighted by Gasteiger charge is 2.33. The molecule has 182 valence electrons. The lowest BCUT2D eigenvalue weighted by Gasteiger charge is -2.39. The first kappa shape index (κ1) is 28.2. The molecule has 0 saturated carbocycles. The molecule has 1 rings (SSSR count). The SMILES string of the molecule is CCCCCCCCCCCCC(CCCCCCCCC)C(C)(CC)n1ccnc1. The second kappa shape index (κ2) is 18.8. The van der Waals surface area contributed by atoms with Crippen molar-refractivity contribution in [1.82, 2.24) is 9.55 Å². The molecule has 0 bridgehead atoms. The zero-order chi connectivity index (χ0) is 22.6. The second-order valence-corrected chi connectivity index (χ2v) is 10.3. The van der Waals surface area contributed by atoms with Gasteiger partial charge in [-0.15, -0.1) is 0 Å². The lowest BCUT2D eigenvalue weighted by Crippen LogP contribution is -2.37. The molecular weight excluding hydrogens is 376 g/mol. The van der Waals surface area contributed by atoms with Crippen LogP contribution in [-0.2, 0) is 5.54 Å². The Balaban J connectivity index is 2.37. The minimum absolute atomic E-state index is 0.220. The summed E-state index contributed by atoms with van der Waals surface area (Å²) < 4.78 is 2.41. The van der Waals surface area contributed by atoms with Gasteiger partial charge in [-0.1, -0.05) is 130 Å². The highest BCUT2D eigenvalue weighted by Crippen LogP contribution is 2.37. The summed E-state index contributed by atoms with van der Waals surface area (Å²) in [4.78, 5) is 4.38. The number of aromatic nitrogens is 2. The van der Waals surface area contributed by atoms with E-state index in [2.05, 4.69) is 49.8 Å². The van der Waals surface area contributed by atoms with Crippen molar-refractivity contribution < 1.29 is 0 Å². The van der Waals surface area contributed by atoms with E-state index in [1.54, 1.807) is 0 Å². The summed E-state index contributed by atoms with van der Waals surface area (Å²) >= 11 is 0. The number of hydrogen-bond acceptors (Lipinski definition) is 1. The summed E-state index contributed by atoms with van der Waals surface area (Å²) in [7, 11) is 0. The number of unbranched alkanes of at least 4 members (excludes halogenated alkanes) is 15. The molecule has 0 N–H and O–H groups in total. The van der Waals surface area contributed by atoms with Crippen molar-refractivity contribution in [3.63, 3.8) is 0 Å². The monoisotopic (exact) mass is 432 g/mol. The Morgan fingerprint density at radius 1 is 0.645 bits per heavy atom. The molecule has 2 atom stereocenters. The van der Waals surface area contributed by atoms with Crippen LogP contribution < -0.4 is 0 Å². The molecule has 1 heterocycles. The van der Waals surface area contributed by atoms with Crippen LogP contribution >= 0.6 is 0 Å². The first-order valence-corrected chi connectivity index (χ1v) is 14.2. The Morgan fingerprint density at radius 2 is 1.06 bits per heavy atom. The first-order valence-electron chi connectivity index (χ1n) is 14.2. The Labute approximate surface area is 196 Å². The van der Waals surface area contributed by atoms with Crippen LogP contribution in [0.3, 0.4) is 0 Å². The second-order valence-electron chi connectivity index (χ2n) is 10.3. The Kier molecular flexibility index (Phi) is 17.1. The highest BCUT2D eigenvalue weighted by molar-refractivity contribution is 4.93. The van der Waals surface area contributed by atoms with Crippen molar-refractivity contribution in [3.05, 3.63) is 18.7 Å². The Morgan fingerprint density at radius 3 is 1.42 bits per heavy atom. The van der Waals surface area contributed by atoms with E-state index in [4.69, 9.17) is 0 Å². The largest absolute Gasteiger partial charge is 0.331 e. The van der Waals surface area contributed by atoms with Gasteiger partial charge in [0.25, 0.3) is 0 Å². The maximum Gasteiger partial charge on any atom is 0.0951 e. The molecule has 0 spiro atoms. The van der Waals surface area contributed by atoms with E-state index in [1.807, 2.05) is 6.20 Å². The zero-order valence-electron chi connectivity index (χ0n) is 21.8. The molecule has 2 heteroatoms. The summed E-state index contributed by atoms with van der Waals surface area (Å²) in [6, 6.07) is 0. The van der Waals surface area contributed by atoms with Crippen molar-refractivity contribution in [1.29, 1.82) is 0 Å². The molecule has 2 nitrogen and oxygen atoms in total. The van der Waals surface area contributed by atoms with Crippen LogP contribution in [0.4, 0.5) is 0 Å². The molecule has 0 fully saturated rings. The van der Waals surface area contributed by atoms with Crippen LogP contribution in [-0.4, -0.2) is 9.55 Å². The molecule has 0 radical (unpaired) electrons. The molecule has 0 aromatic carbocycles. The van der Waals surface area contributed by atoms with Gasteiger partial charge in [0.15, 0.2) is 0 Å². The molecular formula is C29H56N2. The average molecular weight is 433 g/mol. The van der Waals surface area contributed by atoms with E-state index < -0.39 is 0 Å². The predicted octanol–water partition coefficient (Wildman–Crippen LogP) is 10.1. The highest BCUT2D eigenvalue weighted by atomic mass is 15.1. The minimum atomic E-state index is 0.220. The molecule has 0 aliphatic rings. The van der Waals surface area contributed by atoms with Crippen LogP contribution in [0.1, 0.15) is 156 Å². The molecule has 1 aromatic heterocycles. The molecule has 31 heavy (non-hydrogen) atoms. The van der Waals surface area contributed by atoms with Crippen molar-refractivity contribution in [2.24, 2.45) is 5.92 Å². The summed E-state index contributed by atoms with van der Waals surface area (Å²) in [5.74, 6) is 0.774. The standard InChI is InChI=1S/C29H56N2/c1-5-8-10-12-14-15-16-18-20-22-24-28(23-21-19-17-13-11-9-6-2)29(4,7-3)31-26-25-30-27-31/h25-28H,5-24H2,1-4H3. The summed E-state index contributed by atoms with van der Waals surface area (Å²) in [5.41, 5.74) is 0.220. The normalized spacial score (nSPS) is 14.6. The summed E-state index contributed by atoms with van der Waals surface area (Å²) in [6.07, 6.45) is 34.3. The molecule has 0 amide bonds. The van der Waals surface area contributed by atoms with Crippen molar-refractivity contribution >= 4 is 0 Å².